The summed E-state index contributed by atoms with van der Waals surface area (Å²) in [5.41, 5.74) is 3.71. The molecule has 1 saturated carbocycles. The quantitative estimate of drug-likeness (QED) is 0.789. The average molecular weight is 205 g/mol. The maximum Gasteiger partial charge on any atom is 0.131 e. The van der Waals surface area contributed by atoms with Crippen LogP contribution < -0.4 is 10.6 Å². The van der Waals surface area contributed by atoms with Crippen molar-refractivity contribution in [2.24, 2.45) is 0 Å². The molecule has 1 aromatic rings. The van der Waals surface area contributed by atoms with Gasteiger partial charge in [-0.15, -0.1) is 0 Å². The maximum absolute atomic E-state index is 4.58. The molecule has 0 bridgehead atoms. The molecule has 3 heteroatoms. The first-order chi connectivity index (χ1) is 7.20. The van der Waals surface area contributed by atoms with Crippen LogP contribution in [0.5, 0.6) is 0 Å². The van der Waals surface area contributed by atoms with Crippen LogP contribution in [0.25, 0.3) is 0 Å². The molecule has 2 rings (SSSR count). The van der Waals surface area contributed by atoms with Gasteiger partial charge in [-0.25, -0.2) is 4.98 Å². The first-order valence-electron chi connectivity index (χ1n) is 5.59. The number of hydrogen-bond acceptors (Lipinski definition) is 3. The summed E-state index contributed by atoms with van der Waals surface area (Å²) in [7, 11) is 1.97. The van der Waals surface area contributed by atoms with Gasteiger partial charge in [0.2, 0.25) is 0 Å². The number of nitrogens with zero attached hydrogens (tertiary/aromatic N) is 1. The van der Waals surface area contributed by atoms with Crippen molar-refractivity contribution in [2.75, 3.05) is 12.4 Å². The van der Waals surface area contributed by atoms with E-state index in [9.17, 15) is 0 Å². The number of anilines is 1. The normalized spacial score (nSPS) is 15.4. The Kier molecular flexibility index (Phi) is 2.91. The Labute approximate surface area is 91.3 Å². The molecule has 0 amide bonds. The predicted molar refractivity (Wildman–Crippen MR) is 63.1 cm³/mol. The summed E-state index contributed by atoms with van der Waals surface area (Å²) in [5, 5.41) is 6.70. The molecule has 3 nitrogen and oxygen atoms in total. The molecule has 0 saturated heterocycles. The Balaban J connectivity index is 2.29. The summed E-state index contributed by atoms with van der Waals surface area (Å²) < 4.78 is 0. The van der Waals surface area contributed by atoms with Crippen LogP contribution in [-0.4, -0.2) is 18.1 Å². The standard InChI is InChI=1S/C12H19N3/c1-8-6-9(2)14-12(11(8)7-13-3)15-10-4-5-10/h6,10,13H,4-5,7H2,1-3H3,(H,14,15). The minimum atomic E-state index is 0.661. The second kappa shape index (κ2) is 4.19. The zero-order valence-electron chi connectivity index (χ0n) is 9.72. The van der Waals surface area contributed by atoms with Crippen LogP contribution in [0.4, 0.5) is 5.82 Å². The number of aryl methyl sites for hydroxylation is 2. The average Bonchev–Trinajstić information content (AvgIpc) is 2.95. The van der Waals surface area contributed by atoms with E-state index in [4.69, 9.17) is 0 Å². The molecular weight excluding hydrogens is 186 g/mol. The second-order valence-electron chi connectivity index (χ2n) is 4.36. The van der Waals surface area contributed by atoms with Gasteiger partial charge in [0.1, 0.15) is 5.82 Å². The fraction of sp³-hybridized carbons (Fsp3) is 0.583. The van der Waals surface area contributed by atoms with Crippen molar-refractivity contribution < 1.29 is 0 Å². The molecule has 0 spiro atoms. The van der Waals surface area contributed by atoms with E-state index < -0.39 is 0 Å². The van der Waals surface area contributed by atoms with Crippen molar-refractivity contribution >= 4 is 5.82 Å². The minimum Gasteiger partial charge on any atom is -0.367 e. The molecule has 1 heterocycles. The molecule has 0 radical (unpaired) electrons. The van der Waals surface area contributed by atoms with Gasteiger partial charge in [-0.2, -0.15) is 0 Å². The lowest BCUT2D eigenvalue weighted by Gasteiger charge is -2.14. The van der Waals surface area contributed by atoms with Crippen molar-refractivity contribution in [3.05, 3.63) is 22.9 Å². The molecule has 0 unspecified atom stereocenters. The van der Waals surface area contributed by atoms with E-state index in [1.54, 1.807) is 0 Å². The molecule has 0 aliphatic heterocycles. The zero-order valence-corrected chi connectivity index (χ0v) is 9.72. The predicted octanol–water partition coefficient (Wildman–Crippen LogP) is 1.99. The topological polar surface area (TPSA) is 37.0 Å². The Bertz CT molecular complexity index is 356. The summed E-state index contributed by atoms with van der Waals surface area (Å²) >= 11 is 0. The fourth-order valence-corrected chi connectivity index (χ4v) is 1.80. The molecule has 1 aliphatic carbocycles. The summed E-state index contributed by atoms with van der Waals surface area (Å²) in [4.78, 5) is 4.58. The summed E-state index contributed by atoms with van der Waals surface area (Å²) in [6.45, 7) is 5.09. The maximum atomic E-state index is 4.58. The smallest absolute Gasteiger partial charge is 0.131 e. The Morgan fingerprint density at radius 3 is 2.73 bits per heavy atom. The van der Waals surface area contributed by atoms with Gasteiger partial charge in [-0.3, -0.25) is 0 Å². The fourth-order valence-electron chi connectivity index (χ4n) is 1.80. The van der Waals surface area contributed by atoms with Crippen LogP contribution in [-0.2, 0) is 6.54 Å². The van der Waals surface area contributed by atoms with Gasteiger partial charge in [0, 0.05) is 23.8 Å². The molecule has 2 N–H and O–H groups in total. The molecule has 0 atom stereocenters. The van der Waals surface area contributed by atoms with Crippen molar-refractivity contribution in [1.82, 2.24) is 10.3 Å². The van der Waals surface area contributed by atoms with Crippen molar-refractivity contribution in [3.63, 3.8) is 0 Å². The lowest BCUT2D eigenvalue weighted by Crippen LogP contribution is -2.13. The van der Waals surface area contributed by atoms with E-state index in [0.717, 1.165) is 18.1 Å². The highest BCUT2D eigenvalue weighted by Gasteiger charge is 2.22. The molecule has 0 aromatic carbocycles. The minimum absolute atomic E-state index is 0.661. The Hall–Kier alpha value is -1.09. The van der Waals surface area contributed by atoms with Gasteiger partial charge in [-0.05, 0) is 45.4 Å². The van der Waals surface area contributed by atoms with E-state index >= 15 is 0 Å². The zero-order chi connectivity index (χ0) is 10.8. The summed E-state index contributed by atoms with van der Waals surface area (Å²) in [5.74, 6) is 1.07. The third-order valence-electron chi connectivity index (χ3n) is 2.75. The summed E-state index contributed by atoms with van der Waals surface area (Å²) in [6.07, 6.45) is 2.57. The van der Waals surface area contributed by atoms with E-state index in [2.05, 4.69) is 28.6 Å². The van der Waals surface area contributed by atoms with Gasteiger partial charge < -0.3 is 10.6 Å². The molecular formula is C12H19N3. The van der Waals surface area contributed by atoms with Gasteiger partial charge in [-0.1, -0.05) is 0 Å². The molecule has 1 fully saturated rings. The Morgan fingerprint density at radius 1 is 1.40 bits per heavy atom. The van der Waals surface area contributed by atoms with Crippen molar-refractivity contribution in [1.29, 1.82) is 0 Å². The summed E-state index contributed by atoms with van der Waals surface area (Å²) in [6, 6.07) is 2.80. The number of pyridine rings is 1. The number of rotatable bonds is 4. The van der Waals surface area contributed by atoms with Gasteiger partial charge >= 0.3 is 0 Å². The van der Waals surface area contributed by atoms with Crippen LogP contribution in [0.15, 0.2) is 6.07 Å². The molecule has 1 aliphatic rings. The third-order valence-corrected chi connectivity index (χ3v) is 2.75. The first kappa shape index (κ1) is 10.4. The lowest BCUT2D eigenvalue weighted by atomic mass is 10.1. The van der Waals surface area contributed by atoms with Gasteiger partial charge in [0.15, 0.2) is 0 Å². The van der Waals surface area contributed by atoms with Crippen LogP contribution in [0, 0.1) is 13.8 Å². The largest absolute Gasteiger partial charge is 0.367 e. The van der Waals surface area contributed by atoms with E-state index in [1.165, 1.54) is 24.0 Å². The van der Waals surface area contributed by atoms with Crippen LogP contribution in [0.2, 0.25) is 0 Å². The van der Waals surface area contributed by atoms with E-state index in [1.807, 2.05) is 14.0 Å². The van der Waals surface area contributed by atoms with Gasteiger partial charge in [0.25, 0.3) is 0 Å². The SMILES string of the molecule is CNCc1c(C)cc(C)nc1NC1CC1. The van der Waals surface area contributed by atoms with Crippen LogP contribution >= 0.6 is 0 Å². The molecule has 82 valence electrons. The Morgan fingerprint density at radius 2 is 2.13 bits per heavy atom. The van der Waals surface area contributed by atoms with E-state index in [-0.39, 0.29) is 0 Å². The number of hydrogen-bond donors (Lipinski definition) is 2. The highest BCUT2D eigenvalue weighted by Crippen LogP contribution is 2.27. The van der Waals surface area contributed by atoms with Gasteiger partial charge in [0.05, 0.1) is 0 Å². The molecule has 1 aromatic heterocycles. The highest BCUT2D eigenvalue weighted by atomic mass is 15.0. The third kappa shape index (κ3) is 2.48. The highest BCUT2D eigenvalue weighted by molar-refractivity contribution is 5.50. The number of nitrogens with one attached hydrogen (secondary N) is 2. The molecule has 15 heavy (non-hydrogen) atoms. The van der Waals surface area contributed by atoms with E-state index in [0.29, 0.717) is 6.04 Å². The van der Waals surface area contributed by atoms with Crippen molar-refractivity contribution in [3.8, 4) is 0 Å². The number of aromatic nitrogens is 1. The first-order valence-corrected chi connectivity index (χ1v) is 5.59. The monoisotopic (exact) mass is 205 g/mol. The van der Waals surface area contributed by atoms with Crippen LogP contribution in [0.1, 0.15) is 29.7 Å². The second-order valence-corrected chi connectivity index (χ2v) is 4.36. The van der Waals surface area contributed by atoms with Crippen LogP contribution in [0.3, 0.4) is 0 Å². The lowest BCUT2D eigenvalue weighted by molar-refractivity contribution is 0.805. The van der Waals surface area contributed by atoms with Crippen molar-refractivity contribution in [2.45, 2.75) is 39.3 Å².